The summed E-state index contributed by atoms with van der Waals surface area (Å²) >= 11 is 0. The summed E-state index contributed by atoms with van der Waals surface area (Å²) in [6.07, 6.45) is 1.64. The van der Waals surface area contributed by atoms with E-state index in [0.717, 1.165) is 29.6 Å². The number of aromatic nitrogens is 2. The van der Waals surface area contributed by atoms with Gasteiger partial charge in [0.2, 0.25) is 0 Å². The second kappa shape index (κ2) is 4.70. The van der Waals surface area contributed by atoms with Gasteiger partial charge in [-0.15, -0.1) is 0 Å². The Morgan fingerprint density at radius 3 is 3.06 bits per heavy atom. The molecule has 2 N–H and O–H groups in total. The summed E-state index contributed by atoms with van der Waals surface area (Å²) in [6, 6.07) is 7.67. The monoisotopic (exact) mass is 245 g/mol. The van der Waals surface area contributed by atoms with Crippen molar-refractivity contribution in [3.63, 3.8) is 0 Å². The van der Waals surface area contributed by atoms with E-state index in [1.807, 2.05) is 37.5 Å². The molecule has 0 saturated heterocycles. The fraction of sp³-hybridized carbons (Fsp3) is 0.308. The third kappa shape index (κ3) is 2.04. The van der Waals surface area contributed by atoms with E-state index in [-0.39, 0.29) is 6.10 Å². The van der Waals surface area contributed by atoms with Gasteiger partial charge in [-0.3, -0.25) is 0 Å². The Labute approximate surface area is 105 Å². The number of hydrogen-bond donors (Lipinski definition) is 2. The molecule has 0 radical (unpaired) electrons. The van der Waals surface area contributed by atoms with Crippen LogP contribution in [0.5, 0.6) is 11.5 Å². The molecule has 0 bridgehead atoms. The number of ether oxygens (including phenoxy) is 2. The highest BCUT2D eigenvalue weighted by atomic mass is 16.6. The van der Waals surface area contributed by atoms with Gasteiger partial charge in [-0.05, 0) is 19.2 Å². The maximum atomic E-state index is 5.87. The number of hydrogen-bond acceptors (Lipinski definition) is 4. The van der Waals surface area contributed by atoms with Crippen molar-refractivity contribution in [1.29, 1.82) is 0 Å². The largest absolute Gasteiger partial charge is 0.485 e. The van der Waals surface area contributed by atoms with Crippen LogP contribution in [-0.4, -0.2) is 23.6 Å². The summed E-state index contributed by atoms with van der Waals surface area (Å²) in [7, 11) is 1.90. The minimum Gasteiger partial charge on any atom is -0.485 e. The maximum absolute atomic E-state index is 5.87. The van der Waals surface area contributed by atoms with Crippen LogP contribution in [0.4, 0.5) is 0 Å². The third-order valence-corrected chi connectivity index (χ3v) is 2.83. The molecule has 1 atom stereocenters. The molecule has 3 rings (SSSR count). The van der Waals surface area contributed by atoms with Crippen molar-refractivity contribution in [3.05, 3.63) is 42.0 Å². The third-order valence-electron chi connectivity index (χ3n) is 2.83. The van der Waals surface area contributed by atoms with Crippen molar-refractivity contribution >= 4 is 0 Å². The lowest BCUT2D eigenvalue weighted by Crippen LogP contribution is -2.22. The second-order valence-electron chi connectivity index (χ2n) is 4.19. The lowest BCUT2D eigenvalue weighted by molar-refractivity contribution is 0.0856. The molecule has 0 amide bonds. The van der Waals surface area contributed by atoms with Crippen LogP contribution in [-0.2, 0) is 6.54 Å². The van der Waals surface area contributed by atoms with Gasteiger partial charge >= 0.3 is 0 Å². The van der Waals surface area contributed by atoms with Crippen LogP contribution in [0.2, 0.25) is 0 Å². The zero-order chi connectivity index (χ0) is 12.4. The molecule has 1 aliphatic heterocycles. The molecule has 18 heavy (non-hydrogen) atoms. The predicted octanol–water partition coefficient (Wildman–Crippen LogP) is 1.64. The van der Waals surface area contributed by atoms with E-state index >= 15 is 0 Å². The smallest absolute Gasteiger partial charge is 0.190 e. The SMILES string of the molecule is CNCc1cnc(C2COc3ccccc3O2)[nH]1. The van der Waals surface area contributed by atoms with E-state index in [9.17, 15) is 0 Å². The van der Waals surface area contributed by atoms with Crippen LogP contribution < -0.4 is 14.8 Å². The van der Waals surface area contributed by atoms with Crippen molar-refractivity contribution in [3.8, 4) is 11.5 Å². The van der Waals surface area contributed by atoms with Crippen LogP contribution in [0, 0.1) is 0 Å². The van der Waals surface area contributed by atoms with Crippen molar-refractivity contribution in [2.24, 2.45) is 0 Å². The lowest BCUT2D eigenvalue weighted by atomic mass is 10.2. The van der Waals surface area contributed by atoms with Crippen LogP contribution >= 0.6 is 0 Å². The van der Waals surface area contributed by atoms with E-state index in [2.05, 4.69) is 15.3 Å². The van der Waals surface area contributed by atoms with E-state index in [1.54, 1.807) is 0 Å². The average Bonchev–Trinajstić information content (AvgIpc) is 2.87. The highest BCUT2D eigenvalue weighted by Crippen LogP contribution is 2.34. The summed E-state index contributed by atoms with van der Waals surface area (Å²) in [5.74, 6) is 2.35. The number of nitrogens with one attached hydrogen (secondary N) is 2. The van der Waals surface area contributed by atoms with Gasteiger partial charge in [0.05, 0.1) is 0 Å². The van der Waals surface area contributed by atoms with Gasteiger partial charge in [0.25, 0.3) is 0 Å². The van der Waals surface area contributed by atoms with E-state index in [0.29, 0.717) is 6.61 Å². The molecule has 2 heterocycles. The molecule has 0 aliphatic carbocycles. The predicted molar refractivity (Wildman–Crippen MR) is 66.7 cm³/mol. The van der Waals surface area contributed by atoms with Crippen molar-refractivity contribution in [1.82, 2.24) is 15.3 Å². The average molecular weight is 245 g/mol. The van der Waals surface area contributed by atoms with Gasteiger partial charge in [-0.2, -0.15) is 0 Å². The first-order valence-corrected chi connectivity index (χ1v) is 5.93. The van der Waals surface area contributed by atoms with Gasteiger partial charge < -0.3 is 19.8 Å². The Morgan fingerprint density at radius 2 is 2.22 bits per heavy atom. The van der Waals surface area contributed by atoms with Crippen LogP contribution in [0.3, 0.4) is 0 Å². The normalized spacial score (nSPS) is 17.7. The van der Waals surface area contributed by atoms with Gasteiger partial charge in [0, 0.05) is 18.4 Å². The Morgan fingerprint density at radius 1 is 1.39 bits per heavy atom. The Hall–Kier alpha value is -2.01. The number of rotatable bonds is 3. The second-order valence-corrected chi connectivity index (χ2v) is 4.19. The fourth-order valence-corrected chi connectivity index (χ4v) is 1.97. The Kier molecular flexibility index (Phi) is 2.90. The molecule has 5 heteroatoms. The van der Waals surface area contributed by atoms with E-state index in [4.69, 9.17) is 9.47 Å². The number of imidazole rings is 1. The molecule has 1 aliphatic rings. The molecule has 0 saturated carbocycles. The Bertz CT molecular complexity index is 539. The Balaban J connectivity index is 1.78. The summed E-state index contributed by atoms with van der Waals surface area (Å²) in [4.78, 5) is 7.57. The highest BCUT2D eigenvalue weighted by molar-refractivity contribution is 5.41. The fourth-order valence-electron chi connectivity index (χ4n) is 1.97. The summed E-state index contributed by atoms with van der Waals surface area (Å²) in [5, 5.41) is 3.07. The molecule has 0 fully saturated rings. The van der Waals surface area contributed by atoms with Crippen molar-refractivity contribution in [2.75, 3.05) is 13.7 Å². The van der Waals surface area contributed by atoms with Crippen LogP contribution in [0.1, 0.15) is 17.6 Å². The minimum atomic E-state index is -0.175. The van der Waals surface area contributed by atoms with Crippen molar-refractivity contribution in [2.45, 2.75) is 12.6 Å². The van der Waals surface area contributed by atoms with E-state index < -0.39 is 0 Å². The number of para-hydroxylation sites is 2. The summed E-state index contributed by atoms with van der Waals surface area (Å²) < 4.78 is 11.5. The molecule has 1 aromatic heterocycles. The first-order chi connectivity index (χ1) is 8.86. The quantitative estimate of drug-likeness (QED) is 0.863. The summed E-state index contributed by atoms with van der Waals surface area (Å²) in [6.45, 7) is 1.24. The number of H-pyrrole nitrogens is 1. The molecule has 2 aromatic rings. The van der Waals surface area contributed by atoms with Crippen LogP contribution in [0.25, 0.3) is 0 Å². The topological polar surface area (TPSA) is 59.2 Å². The number of benzene rings is 1. The molecule has 1 unspecified atom stereocenters. The minimum absolute atomic E-state index is 0.175. The number of nitrogens with zero attached hydrogens (tertiary/aromatic N) is 1. The zero-order valence-electron chi connectivity index (χ0n) is 10.1. The first-order valence-electron chi connectivity index (χ1n) is 5.93. The van der Waals surface area contributed by atoms with Gasteiger partial charge in [0.15, 0.2) is 23.4 Å². The molecule has 1 aromatic carbocycles. The number of fused-ring (bicyclic) bond motifs is 1. The first kappa shape index (κ1) is 11.1. The van der Waals surface area contributed by atoms with Gasteiger partial charge in [-0.1, -0.05) is 12.1 Å². The lowest BCUT2D eigenvalue weighted by Gasteiger charge is -2.24. The van der Waals surface area contributed by atoms with Gasteiger partial charge in [-0.25, -0.2) is 4.98 Å². The molecule has 94 valence electrons. The van der Waals surface area contributed by atoms with Crippen molar-refractivity contribution < 1.29 is 9.47 Å². The van der Waals surface area contributed by atoms with E-state index in [1.165, 1.54) is 0 Å². The standard InChI is InChI=1S/C13H15N3O2/c1-14-6-9-7-15-13(16-9)12-8-17-10-4-2-3-5-11(10)18-12/h2-5,7,12,14H,6,8H2,1H3,(H,15,16). The molecule has 0 spiro atoms. The molecular formula is C13H15N3O2. The zero-order valence-corrected chi connectivity index (χ0v) is 10.1. The highest BCUT2D eigenvalue weighted by Gasteiger charge is 2.24. The maximum Gasteiger partial charge on any atom is 0.190 e. The number of aromatic amines is 1. The molecular weight excluding hydrogens is 230 g/mol. The molecule has 5 nitrogen and oxygen atoms in total. The van der Waals surface area contributed by atoms with Gasteiger partial charge in [0.1, 0.15) is 6.61 Å². The van der Waals surface area contributed by atoms with Crippen LogP contribution in [0.15, 0.2) is 30.5 Å². The summed E-state index contributed by atoms with van der Waals surface area (Å²) in [5.41, 5.74) is 1.04.